The topological polar surface area (TPSA) is 99.5 Å². The van der Waals surface area contributed by atoms with Gasteiger partial charge in [-0.25, -0.2) is 4.79 Å². The van der Waals surface area contributed by atoms with Crippen molar-refractivity contribution < 1.29 is 32.3 Å². The van der Waals surface area contributed by atoms with E-state index in [1.54, 1.807) is 13.8 Å². The number of allylic oxidation sites excluding steroid dienone is 1. The Morgan fingerprint density at radius 3 is 2.36 bits per heavy atom. The quantitative estimate of drug-likeness (QED) is 0.472. The lowest BCUT2D eigenvalue weighted by Crippen LogP contribution is -2.51. The van der Waals surface area contributed by atoms with Gasteiger partial charge < -0.3 is 10.1 Å². The first-order valence-corrected chi connectivity index (χ1v) is 11.2. The van der Waals surface area contributed by atoms with Crippen molar-refractivity contribution in [2.75, 3.05) is 18.1 Å². The van der Waals surface area contributed by atoms with E-state index >= 15 is 0 Å². The molecule has 0 aliphatic carbocycles. The second-order valence-electron chi connectivity index (χ2n) is 8.03. The highest BCUT2D eigenvalue weighted by Gasteiger charge is 2.48. The van der Waals surface area contributed by atoms with Gasteiger partial charge in [-0.1, -0.05) is 18.2 Å². The van der Waals surface area contributed by atoms with E-state index in [0.717, 1.165) is 23.1 Å². The molecule has 36 heavy (non-hydrogen) atoms. The van der Waals surface area contributed by atoms with Crippen molar-refractivity contribution in [2.45, 2.75) is 32.9 Å². The van der Waals surface area contributed by atoms with Gasteiger partial charge in [-0.3, -0.25) is 14.5 Å². The summed E-state index contributed by atoms with van der Waals surface area (Å²) in [6.45, 7) is 4.85. The average Bonchev–Trinajstić information content (AvgIpc) is 2.83. The number of anilines is 1. The summed E-state index contributed by atoms with van der Waals surface area (Å²) in [7, 11) is 0. The van der Waals surface area contributed by atoms with Crippen LogP contribution in [0.15, 0.2) is 59.8 Å². The summed E-state index contributed by atoms with van der Waals surface area (Å²) in [5.74, 6) is -4.85. The highest BCUT2D eigenvalue weighted by molar-refractivity contribution is 6.14. The lowest BCUT2D eigenvalue weighted by molar-refractivity contribution is -0.140. The standard InChI is InChI=1S/C26H24F3N3O4/c1-4-31-23(33)22-21(17-11-9-16(14-30)10-12-17)20(25(35)36-5-2)15(3)32(24(22)34)19-8-6-7-18(13-19)26(27,28)29/h6-13,21-22H,4-5H2,1-3H3,(H,31,33). The van der Waals surface area contributed by atoms with E-state index < -0.39 is 41.4 Å². The monoisotopic (exact) mass is 499 g/mol. The molecule has 0 fully saturated rings. The molecule has 188 valence electrons. The highest BCUT2D eigenvalue weighted by atomic mass is 19.4. The SMILES string of the molecule is CCNC(=O)C1C(=O)N(c2cccc(C(F)(F)F)c2)C(C)=C(C(=O)OCC)C1c1ccc(C#N)cc1. The van der Waals surface area contributed by atoms with E-state index in [-0.39, 0.29) is 30.1 Å². The van der Waals surface area contributed by atoms with Crippen molar-refractivity contribution >= 4 is 23.5 Å². The minimum atomic E-state index is -4.67. The van der Waals surface area contributed by atoms with Gasteiger partial charge in [0.15, 0.2) is 0 Å². The van der Waals surface area contributed by atoms with Crippen LogP contribution in [0.2, 0.25) is 0 Å². The van der Waals surface area contributed by atoms with Crippen LogP contribution in [0.5, 0.6) is 0 Å². The number of alkyl halides is 3. The number of nitrogens with zero attached hydrogens (tertiary/aromatic N) is 2. The van der Waals surface area contributed by atoms with Crippen LogP contribution in [0.1, 0.15) is 43.4 Å². The van der Waals surface area contributed by atoms with Crippen molar-refractivity contribution in [2.24, 2.45) is 5.92 Å². The Hall–Kier alpha value is -4.13. The number of nitriles is 1. The second-order valence-corrected chi connectivity index (χ2v) is 8.03. The molecule has 2 amide bonds. The van der Waals surface area contributed by atoms with E-state index in [4.69, 9.17) is 10.00 Å². The number of ether oxygens (including phenoxy) is 1. The van der Waals surface area contributed by atoms with E-state index in [2.05, 4.69) is 5.32 Å². The van der Waals surface area contributed by atoms with Crippen LogP contribution in [-0.2, 0) is 25.3 Å². The molecule has 1 aliphatic rings. The number of benzene rings is 2. The molecule has 2 atom stereocenters. The molecule has 0 aromatic heterocycles. The van der Waals surface area contributed by atoms with E-state index in [9.17, 15) is 27.6 Å². The van der Waals surface area contributed by atoms with Crippen LogP contribution in [0.25, 0.3) is 0 Å². The van der Waals surface area contributed by atoms with Gasteiger partial charge in [-0.05, 0) is 56.7 Å². The zero-order valence-electron chi connectivity index (χ0n) is 19.8. The van der Waals surface area contributed by atoms with Crippen molar-refractivity contribution in [3.63, 3.8) is 0 Å². The van der Waals surface area contributed by atoms with Gasteiger partial charge in [0.05, 0.1) is 29.4 Å². The summed E-state index contributed by atoms with van der Waals surface area (Å²) in [6, 6.07) is 12.1. The number of hydrogen-bond donors (Lipinski definition) is 1. The third kappa shape index (κ3) is 5.10. The van der Waals surface area contributed by atoms with Crippen molar-refractivity contribution in [1.82, 2.24) is 5.32 Å². The molecule has 2 aromatic carbocycles. The fraction of sp³-hybridized carbons (Fsp3) is 0.308. The number of nitrogens with one attached hydrogen (secondary N) is 1. The number of rotatable bonds is 6. The molecule has 2 aromatic rings. The third-order valence-electron chi connectivity index (χ3n) is 5.82. The van der Waals surface area contributed by atoms with Crippen LogP contribution in [-0.4, -0.2) is 30.9 Å². The van der Waals surface area contributed by atoms with E-state index in [1.807, 2.05) is 6.07 Å². The van der Waals surface area contributed by atoms with Crippen molar-refractivity contribution in [1.29, 1.82) is 5.26 Å². The normalized spacial score (nSPS) is 18.0. The van der Waals surface area contributed by atoms with Gasteiger partial charge in [0.25, 0.3) is 0 Å². The Balaban J connectivity index is 2.31. The number of halogens is 3. The Kier molecular flexibility index (Phi) is 7.83. The predicted octanol–water partition coefficient (Wildman–Crippen LogP) is 4.30. The predicted molar refractivity (Wildman–Crippen MR) is 124 cm³/mol. The zero-order valence-corrected chi connectivity index (χ0v) is 19.8. The molecule has 0 saturated heterocycles. The van der Waals surface area contributed by atoms with Crippen molar-refractivity contribution in [3.05, 3.63) is 76.5 Å². The Morgan fingerprint density at radius 1 is 1.14 bits per heavy atom. The molecule has 0 radical (unpaired) electrons. The van der Waals surface area contributed by atoms with Gasteiger partial charge in [-0.2, -0.15) is 18.4 Å². The molecule has 7 nitrogen and oxygen atoms in total. The summed E-state index contributed by atoms with van der Waals surface area (Å²) in [6.07, 6.45) is -4.67. The van der Waals surface area contributed by atoms with Crippen LogP contribution < -0.4 is 10.2 Å². The first-order valence-electron chi connectivity index (χ1n) is 11.2. The minimum absolute atomic E-state index is 0.000960. The maximum atomic E-state index is 13.8. The summed E-state index contributed by atoms with van der Waals surface area (Å²) in [4.78, 5) is 41.1. The van der Waals surface area contributed by atoms with Crippen LogP contribution in [0.3, 0.4) is 0 Å². The van der Waals surface area contributed by atoms with Gasteiger partial charge in [0, 0.05) is 23.8 Å². The molecule has 1 aliphatic heterocycles. The number of hydrogen-bond acceptors (Lipinski definition) is 5. The lowest BCUT2D eigenvalue weighted by Gasteiger charge is -2.39. The molecule has 3 rings (SSSR count). The molecule has 1 N–H and O–H groups in total. The summed E-state index contributed by atoms with van der Waals surface area (Å²) < 4.78 is 45.5. The molecular weight excluding hydrogens is 475 g/mol. The number of esters is 1. The molecule has 0 saturated carbocycles. The summed E-state index contributed by atoms with van der Waals surface area (Å²) in [5, 5.41) is 11.7. The molecule has 10 heteroatoms. The fourth-order valence-corrected chi connectivity index (χ4v) is 4.26. The molecule has 0 bridgehead atoms. The largest absolute Gasteiger partial charge is 0.463 e. The highest BCUT2D eigenvalue weighted by Crippen LogP contribution is 2.43. The molecule has 1 heterocycles. The van der Waals surface area contributed by atoms with Crippen LogP contribution in [0.4, 0.5) is 18.9 Å². The number of carbonyl (C=O) groups is 3. The Labute approximate surface area is 206 Å². The first kappa shape index (κ1) is 26.5. The van der Waals surface area contributed by atoms with Gasteiger partial charge >= 0.3 is 12.1 Å². The smallest absolute Gasteiger partial charge is 0.416 e. The molecule has 0 spiro atoms. The molecule has 2 unspecified atom stereocenters. The minimum Gasteiger partial charge on any atom is -0.463 e. The first-order chi connectivity index (χ1) is 17.0. The van der Waals surface area contributed by atoms with Crippen LogP contribution in [0, 0.1) is 17.2 Å². The fourth-order valence-electron chi connectivity index (χ4n) is 4.26. The maximum absolute atomic E-state index is 13.8. The van der Waals surface area contributed by atoms with Crippen molar-refractivity contribution in [3.8, 4) is 6.07 Å². The lowest BCUT2D eigenvalue weighted by atomic mass is 9.75. The zero-order chi connectivity index (χ0) is 26.6. The Bertz CT molecular complexity index is 1250. The Morgan fingerprint density at radius 2 is 1.81 bits per heavy atom. The number of carbonyl (C=O) groups excluding carboxylic acids is 3. The average molecular weight is 499 g/mol. The van der Waals surface area contributed by atoms with Crippen LogP contribution >= 0.6 is 0 Å². The summed E-state index contributed by atoms with van der Waals surface area (Å²) in [5.41, 5.74) is -0.365. The third-order valence-corrected chi connectivity index (χ3v) is 5.82. The summed E-state index contributed by atoms with van der Waals surface area (Å²) >= 11 is 0. The van der Waals surface area contributed by atoms with E-state index in [0.29, 0.717) is 11.1 Å². The van der Waals surface area contributed by atoms with Gasteiger partial charge in [0.1, 0.15) is 5.92 Å². The van der Waals surface area contributed by atoms with Gasteiger partial charge in [0.2, 0.25) is 11.8 Å². The molecular formula is C26H24F3N3O4. The number of amides is 2. The van der Waals surface area contributed by atoms with Gasteiger partial charge in [-0.15, -0.1) is 0 Å². The maximum Gasteiger partial charge on any atom is 0.416 e. The second kappa shape index (κ2) is 10.6. The van der Waals surface area contributed by atoms with E-state index in [1.165, 1.54) is 37.3 Å².